The Balaban J connectivity index is 1.13. The fourth-order valence-corrected chi connectivity index (χ4v) is 4.99. The lowest BCUT2D eigenvalue weighted by Crippen LogP contribution is -2.46. The standard InChI is InChI=1S/C25H22NO6P/c27-24-23(16-31-33(32-24)30-14-17-8-2-1-3-9-17)26-25(28)29-15-22-20-12-6-4-10-18(20)19-11-5-7-13-21(19)22/h1-13,22-23H,14-16H2,(H,26,28)/t23-,33?/m0/s1. The van der Waals surface area contributed by atoms with Crippen LogP contribution in [-0.4, -0.2) is 31.3 Å². The molecule has 8 heteroatoms. The zero-order chi connectivity index (χ0) is 22.6. The van der Waals surface area contributed by atoms with Crippen LogP contribution in [0.2, 0.25) is 0 Å². The first-order valence-corrected chi connectivity index (χ1v) is 11.7. The van der Waals surface area contributed by atoms with Crippen molar-refractivity contribution >= 4 is 20.7 Å². The van der Waals surface area contributed by atoms with Gasteiger partial charge in [-0.25, -0.2) is 9.59 Å². The summed E-state index contributed by atoms with van der Waals surface area (Å²) in [6, 6.07) is 24.8. The van der Waals surface area contributed by atoms with E-state index in [1.54, 1.807) is 0 Å². The van der Waals surface area contributed by atoms with Crippen LogP contribution in [-0.2, 0) is 29.7 Å². The number of ether oxygens (including phenoxy) is 1. The van der Waals surface area contributed by atoms with Crippen molar-refractivity contribution in [3.8, 4) is 11.1 Å². The molecule has 0 aromatic heterocycles. The van der Waals surface area contributed by atoms with Crippen LogP contribution in [0.1, 0.15) is 22.6 Å². The minimum Gasteiger partial charge on any atom is -0.449 e. The van der Waals surface area contributed by atoms with Crippen LogP contribution in [0, 0.1) is 0 Å². The maximum atomic E-state index is 12.4. The number of carbonyl (C=O) groups excluding carboxylic acids is 2. The van der Waals surface area contributed by atoms with Crippen molar-refractivity contribution in [3.63, 3.8) is 0 Å². The van der Waals surface area contributed by atoms with E-state index >= 15 is 0 Å². The van der Waals surface area contributed by atoms with E-state index in [1.807, 2.05) is 66.7 Å². The first-order valence-electron chi connectivity index (χ1n) is 10.6. The molecule has 5 rings (SSSR count). The van der Waals surface area contributed by atoms with Gasteiger partial charge in [-0.2, -0.15) is 0 Å². The number of carbonyl (C=O) groups is 2. The van der Waals surface area contributed by atoms with Crippen LogP contribution >= 0.6 is 8.60 Å². The Hall–Kier alpha value is -3.25. The summed E-state index contributed by atoms with van der Waals surface area (Å²) in [5.74, 6) is -0.661. The minimum atomic E-state index is -1.80. The van der Waals surface area contributed by atoms with Gasteiger partial charge in [0.1, 0.15) is 6.61 Å². The summed E-state index contributed by atoms with van der Waals surface area (Å²) in [5.41, 5.74) is 5.48. The lowest BCUT2D eigenvalue weighted by atomic mass is 9.98. The summed E-state index contributed by atoms with van der Waals surface area (Å²) in [7, 11) is -1.80. The average Bonchev–Trinajstić information content (AvgIpc) is 3.17. The number of amides is 1. The zero-order valence-corrected chi connectivity index (χ0v) is 18.6. The highest BCUT2D eigenvalue weighted by Crippen LogP contribution is 2.45. The van der Waals surface area contributed by atoms with Gasteiger partial charge in [-0.1, -0.05) is 78.9 Å². The lowest BCUT2D eigenvalue weighted by Gasteiger charge is -2.26. The van der Waals surface area contributed by atoms with Gasteiger partial charge in [0.25, 0.3) is 0 Å². The molecule has 0 spiro atoms. The van der Waals surface area contributed by atoms with Gasteiger partial charge >= 0.3 is 20.7 Å². The van der Waals surface area contributed by atoms with E-state index in [2.05, 4.69) is 17.4 Å². The highest BCUT2D eigenvalue weighted by Gasteiger charge is 2.35. The lowest BCUT2D eigenvalue weighted by molar-refractivity contribution is -0.141. The minimum absolute atomic E-state index is 0.0382. The van der Waals surface area contributed by atoms with Crippen LogP contribution in [0.3, 0.4) is 0 Å². The van der Waals surface area contributed by atoms with Crippen molar-refractivity contribution in [2.75, 3.05) is 13.2 Å². The van der Waals surface area contributed by atoms with Gasteiger partial charge in [0.2, 0.25) is 0 Å². The van der Waals surface area contributed by atoms with E-state index in [0.29, 0.717) is 0 Å². The van der Waals surface area contributed by atoms with E-state index in [4.69, 9.17) is 18.3 Å². The zero-order valence-electron chi connectivity index (χ0n) is 17.7. The van der Waals surface area contributed by atoms with Crippen molar-refractivity contribution in [3.05, 3.63) is 95.6 Å². The second-order valence-corrected chi connectivity index (χ2v) is 8.86. The average molecular weight is 463 g/mol. The molecule has 0 radical (unpaired) electrons. The fraction of sp³-hybridized carbons (Fsp3) is 0.200. The van der Waals surface area contributed by atoms with Crippen molar-refractivity contribution < 1.29 is 27.9 Å². The number of hydrogen-bond donors (Lipinski definition) is 1. The molecule has 1 amide bonds. The number of fused-ring (bicyclic) bond motifs is 3. The van der Waals surface area contributed by atoms with Crippen LogP contribution < -0.4 is 5.32 Å². The predicted molar refractivity (Wildman–Crippen MR) is 122 cm³/mol. The molecule has 1 N–H and O–H groups in total. The number of alkyl carbamates (subject to hydrolysis) is 1. The smallest absolute Gasteiger partial charge is 0.407 e. The van der Waals surface area contributed by atoms with E-state index in [0.717, 1.165) is 27.8 Å². The monoisotopic (exact) mass is 463 g/mol. The molecule has 168 valence electrons. The third kappa shape index (κ3) is 4.76. The van der Waals surface area contributed by atoms with E-state index in [1.165, 1.54) is 0 Å². The van der Waals surface area contributed by atoms with Crippen LogP contribution in [0.4, 0.5) is 4.79 Å². The summed E-state index contributed by atoms with van der Waals surface area (Å²) in [5, 5.41) is 2.53. The second kappa shape index (κ2) is 9.71. The van der Waals surface area contributed by atoms with Gasteiger partial charge in [0.05, 0.1) is 13.2 Å². The van der Waals surface area contributed by atoms with Crippen LogP contribution in [0.25, 0.3) is 11.1 Å². The molecule has 1 saturated heterocycles. The third-order valence-corrected chi connectivity index (χ3v) is 6.64. The normalized spacial score (nSPS) is 19.3. The van der Waals surface area contributed by atoms with Gasteiger partial charge in [-0.15, -0.1) is 0 Å². The van der Waals surface area contributed by atoms with Crippen molar-refractivity contribution in [2.45, 2.75) is 18.6 Å². The Labute approximate surface area is 192 Å². The van der Waals surface area contributed by atoms with E-state index < -0.39 is 26.7 Å². The number of benzene rings is 3. The summed E-state index contributed by atoms with van der Waals surface area (Å²) in [6.45, 7) is 0.392. The van der Waals surface area contributed by atoms with Crippen LogP contribution in [0.15, 0.2) is 78.9 Å². The van der Waals surface area contributed by atoms with E-state index in [9.17, 15) is 9.59 Å². The molecule has 3 aromatic rings. The molecule has 1 unspecified atom stereocenters. The maximum absolute atomic E-state index is 12.4. The summed E-state index contributed by atoms with van der Waals surface area (Å²) in [6.07, 6.45) is -0.696. The Kier molecular flexibility index (Phi) is 6.35. The molecule has 2 atom stereocenters. The SMILES string of the molecule is O=C(N[C@H]1COP(OCc2ccccc2)OC1=O)OCC1c2ccccc2-c2ccccc21. The topological polar surface area (TPSA) is 83.1 Å². The molecule has 0 bridgehead atoms. The van der Waals surface area contributed by atoms with Crippen molar-refractivity contribution in [1.29, 1.82) is 0 Å². The molecular formula is C25H22NO6P. The predicted octanol–water partition coefficient (Wildman–Crippen LogP) is 4.91. The summed E-state index contributed by atoms with van der Waals surface area (Å²) < 4.78 is 21.7. The van der Waals surface area contributed by atoms with Crippen LogP contribution in [0.5, 0.6) is 0 Å². The Morgan fingerprint density at radius 2 is 1.58 bits per heavy atom. The summed E-state index contributed by atoms with van der Waals surface area (Å²) >= 11 is 0. The molecule has 0 saturated carbocycles. The largest absolute Gasteiger partial charge is 0.449 e. The Morgan fingerprint density at radius 3 is 2.24 bits per heavy atom. The Bertz CT molecular complexity index is 1110. The highest BCUT2D eigenvalue weighted by molar-refractivity contribution is 7.42. The molecule has 7 nitrogen and oxygen atoms in total. The fourth-order valence-electron chi connectivity index (χ4n) is 4.01. The first kappa shape index (κ1) is 21.6. The van der Waals surface area contributed by atoms with Gasteiger partial charge in [-0.05, 0) is 27.8 Å². The number of rotatable bonds is 6. The van der Waals surface area contributed by atoms with Crippen molar-refractivity contribution in [2.24, 2.45) is 0 Å². The molecule has 1 aliphatic carbocycles. The molecule has 1 aliphatic heterocycles. The molecule has 2 aliphatic rings. The number of nitrogens with one attached hydrogen (secondary N) is 1. The number of hydrogen-bond acceptors (Lipinski definition) is 6. The maximum Gasteiger partial charge on any atom is 0.407 e. The molecule has 1 heterocycles. The quantitative estimate of drug-likeness (QED) is 0.523. The molecule has 3 aromatic carbocycles. The third-order valence-electron chi connectivity index (χ3n) is 5.61. The molecule has 1 fully saturated rings. The molecule has 33 heavy (non-hydrogen) atoms. The van der Waals surface area contributed by atoms with Gasteiger partial charge in [-0.3, -0.25) is 9.05 Å². The summed E-state index contributed by atoms with van der Waals surface area (Å²) in [4.78, 5) is 24.7. The van der Waals surface area contributed by atoms with Gasteiger partial charge in [0.15, 0.2) is 6.04 Å². The van der Waals surface area contributed by atoms with Gasteiger partial charge < -0.3 is 14.6 Å². The van der Waals surface area contributed by atoms with Gasteiger partial charge in [0, 0.05) is 5.92 Å². The molecular weight excluding hydrogens is 441 g/mol. The second-order valence-electron chi connectivity index (χ2n) is 7.71. The Morgan fingerprint density at radius 1 is 0.939 bits per heavy atom. The highest BCUT2D eigenvalue weighted by atomic mass is 31.2. The first-order chi connectivity index (χ1) is 16.2. The van der Waals surface area contributed by atoms with E-state index in [-0.39, 0.29) is 25.7 Å². The van der Waals surface area contributed by atoms with Crippen molar-refractivity contribution in [1.82, 2.24) is 5.32 Å².